The van der Waals surface area contributed by atoms with Gasteiger partial charge in [-0.1, -0.05) is 0 Å². The van der Waals surface area contributed by atoms with Crippen molar-refractivity contribution in [2.45, 2.75) is 0 Å². The summed E-state index contributed by atoms with van der Waals surface area (Å²) in [6, 6.07) is 0. The molecular formula is InOSiZn+7. The van der Waals surface area contributed by atoms with Crippen molar-refractivity contribution < 1.29 is 25.0 Å². The maximum Gasteiger partial charge on any atom is 4.00 e. The molecule has 0 aromatic carbocycles. The Balaban J connectivity index is 0. The summed E-state index contributed by atoms with van der Waals surface area (Å²) in [5.74, 6) is 0. The molecule has 0 rings (SSSR count). The molecule has 0 amide bonds. The van der Waals surface area contributed by atoms with Crippen LogP contribution in [0.4, 0.5) is 0 Å². The van der Waals surface area contributed by atoms with Crippen LogP contribution in [-0.2, 0) is 25.0 Å². The quantitative estimate of drug-likeness (QED) is 0.478. The van der Waals surface area contributed by atoms with Gasteiger partial charge in [-0.3, -0.25) is 0 Å². The molecule has 0 saturated carbocycles. The predicted molar refractivity (Wildman–Crippen MR) is 12.2 cm³/mol. The Labute approximate surface area is 61.4 Å². The Morgan fingerprint density at radius 1 is 1.00 bits per heavy atom. The van der Waals surface area contributed by atoms with Crippen LogP contribution in [0.1, 0.15) is 0 Å². The molecule has 0 N–H and O–H groups in total. The molecule has 8 valence electrons. The minimum Gasteiger partial charge on any atom is -2.00 e. The van der Waals surface area contributed by atoms with E-state index in [-0.39, 0.29) is 61.8 Å². The molecule has 0 aliphatic carbocycles. The van der Waals surface area contributed by atoms with Crippen LogP contribution in [0.25, 0.3) is 0 Å². The van der Waals surface area contributed by atoms with E-state index >= 15 is 0 Å². The fourth-order valence-electron chi connectivity index (χ4n) is 0. The van der Waals surface area contributed by atoms with Gasteiger partial charge in [-0.25, -0.2) is 0 Å². The fourth-order valence-corrected chi connectivity index (χ4v) is 0. The monoisotopic (exact) mass is 223 g/mol. The van der Waals surface area contributed by atoms with Gasteiger partial charge in [0.25, 0.3) is 0 Å². The molecule has 0 unspecified atom stereocenters. The summed E-state index contributed by atoms with van der Waals surface area (Å²) in [7, 11) is 0. The van der Waals surface area contributed by atoms with Crippen molar-refractivity contribution in [2.75, 3.05) is 0 Å². The molecule has 4 heteroatoms. The van der Waals surface area contributed by atoms with Crippen molar-refractivity contribution in [3.05, 3.63) is 0 Å². The topological polar surface area (TPSA) is 28.5 Å². The van der Waals surface area contributed by atoms with Gasteiger partial charge >= 0.3 is 56.3 Å². The van der Waals surface area contributed by atoms with Gasteiger partial charge in [0.05, 0.1) is 0 Å². The number of hydrogen-bond acceptors (Lipinski definition) is 0. The smallest absolute Gasteiger partial charge is 2.00 e. The zero-order valence-corrected chi connectivity index (χ0v) is 9.46. The van der Waals surface area contributed by atoms with Gasteiger partial charge in [-0.15, -0.1) is 0 Å². The van der Waals surface area contributed by atoms with E-state index in [2.05, 4.69) is 0 Å². The van der Waals surface area contributed by atoms with E-state index in [4.69, 9.17) is 0 Å². The fraction of sp³-hybridized carbons (Fsp3) is 0. The Bertz CT molecular complexity index is 8.00. The molecule has 0 bridgehead atoms. The Morgan fingerprint density at radius 2 is 1.00 bits per heavy atom. The summed E-state index contributed by atoms with van der Waals surface area (Å²) >= 11 is 0. The van der Waals surface area contributed by atoms with Crippen LogP contribution in [0.15, 0.2) is 0 Å². The standard InChI is InChI=1S/In.O.Si.Zn/q+3;-2;+4;+2. The van der Waals surface area contributed by atoms with Crippen molar-refractivity contribution in [3.63, 3.8) is 0 Å². The second-order valence-electron chi connectivity index (χ2n) is 0. The van der Waals surface area contributed by atoms with Gasteiger partial charge in [-0.2, -0.15) is 0 Å². The Morgan fingerprint density at radius 3 is 1.00 bits per heavy atom. The third-order valence-electron chi connectivity index (χ3n) is 0. The molecule has 0 atom stereocenters. The first-order valence-electron chi connectivity index (χ1n) is 0. The van der Waals surface area contributed by atoms with Gasteiger partial charge in [0.1, 0.15) is 0 Å². The van der Waals surface area contributed by atoms with Crippen LogP contribution in [0.2, 0.25) is 0 Å². The summed E-state index contributed by atoms with van der Waals surface area (Å²) in [4.78, 5) is 0. The molecule has 4 heavy (non-hydrogen) atoms. The summed E-state index contributed by atoms with van der Waals surface area (Å²) < 4.78 is 0. The van der Waals surface area contributed by atoms with Crippen LogP contribution < -0.4 is 0 Å². The average Bonchev–Trinajstić information content (AvgIpc) is 0. The summed E-state index contributed by atoms with van der Waals surface area (Å²) in [6.07, 6.45) is 0. The molecule has 0 fully saturated rings. The zero-order valence-electron chi connectivity index (χ0n) is 2.19. The molecule has 0 aromatic rings. The van der Waals surface area contributed by atoms with Crippen molar-refractivity contribution in [3.8, 4) is 0 Å². The summed E-state index contributed by atoms with van der Waals surface area (Å²) in [5, 5.41) is 0. The van der Waals surface area contributed by atoms with E-state index in [1.165, 1.54) is 0 Å². The first kappa shape index (κ1) is 44.3. The molecule has 0 saturated heterocycles. The van der Waals surface area contributed by atoms with E-state index in [0.29, 0.717) is 0 Å². The minimum absolute atomic E-state index is 0. The molecule has 0 aliphatic rings. The van der Waals surface area contributed by atoms with Crippen molar-refractivity contribution in [2.24, 2.45) is 0 Å². The molecular weight excluding hydrogens is 224 g/mol. The van der Waals surface area contributed by atoms with E-state index in [0.717, 1.165) is 0 Å². The molecule has 0 aliphatic heterocycles. The van der Waals surface area contributed by atoms with Crippen molar-refractivity contribution in [1.82, 2.24) is 0 Å². The van der Waals surface area contributed by atoms with Gasteiger partial charge in [0.2, 0.25) is 0 Å². The van der Waals surface area contributed by atoms with E-state index in [1.807, 2.05) is 0 Å². The van der Waals surface area contributed by atoms with Crippen molar-refractivity contribution in [1.29, 1.82) is 0 Å². The van der Waals surface area contributed by atoms with Crippen LogP contribution in [0.5, 0.6) is 0 Å². The number of hydrogen-bond donors (Lipinski definition) is 0. The number of rotatable bonds is 0. The first-order valence-corrected chi connectivity index (χ1v) is 0. The zero-order chi connectivity index (χ0) is 0. The Hall–Kier alpha value is 1.67. The van der Waals surface area contributed by atoms with Crippen LogP contribution in [0, 0.1) is 0 Å². The van der Waals surface area contributed by atoms with Crippen LogP contribution in [0.3, 0.4) is 0 Å². The summed E-state index contributed by atoms with van der Waals surface area (Å²) in [6.45, 7) is 0. The van der Waals surface area contributed by atoms with Gasteiger partial charge < -0.3 is 5.48 Å². The first-order chi connectivity index (χ1) is 0. The van der Waals surface area contributed by atoms with E-state index in [9.17, 15) is 0 Å². The summed E-state index contributed by atoms with van der Waals surface area (Å²) in [5.41, 5.74) is 0. The van der Waals surface area contributed by atoms with Gasteiger partial charge in [0, 0.05) is 0 Å². The minimum atomic E-state index is 0. The van der Waals surface area contributed by atoms with Crippen LogP contribution >= 0.6 is 0 Å². The third-order valence-corrected chi connectivity index (χ3v) is 0. The molecule has 0 heterocycles. The molecule has 0 spiro atoms. The molecule has 0 aromatic heterocycles. The predicted octanol–water partition coefficient (Wildman–Crippen LogP) is -0.883. The SMILES string of the molecule is [In+3].[O-2].[Si+4].[Zn+2]. The van der Waals surface area contributed by atoms with E-state index < -0.39 is 0 Å². The normalized spacial score (nSPS) is 0. The van der Waals surface area contributed by atoms with Gasteiger partial charge in [-0.05, 0) is 0 Å². The maximum atomic E-state index is 0. The Kier molecular flexibility index (Phi) is 250. The largest absolute Gasteiger partial charge is 4.00 e. The second-order valence-corrected chi connectivity index (χ2v) is 0. The van der Waals surface area contributed by atoms with E-state index in [1.54, 1.807) is 0 Å². The van der Waals surface area contributed by atoms with Gasteiger partial charge in [0.15, 0.2) is 0 Å². The third kappa shape index (κ3) is 9.38. The molecule has 0 radical (unpaired) electrons. The average molecular weight is 224 g/mol. The second kappa shape index (κ2) is 22.5. The maximum absolute atomic E-state index is 0. The van der Waals surface area contributed by atoms with Crippen LogP contribution in [-0.4, -0.2) is 36.8 Å². The van der Waals surface area contributed by atoms with Crippen molar-refractivity contribution >= 4 is 36.8 Å². The molecule has 1 nitrogen and oxygen atoms in total.